The first-order valence-corrected chi connectivity index (χ1v) is 9.77. The van der Waals surface area contributed by atoms with Crippen molar-refractivity contribution >= 4 is 29.3 Å². The summed E-state index contributed by atoms with van der Waals surface area (Å²) in [7, 11) is 0. The first-order valence-electron chi connectivity index (χ1n) is 8.78. The SMILES string of the molecule is CCCCc1nc(SCC(=O)Nc2ccc(C(=O)OCC)cc2)[nH]c1C. The van der Waals surface area contributed by atoms with Crippen LogP contribution in [-0.4, -0.2) is 34.2 Å². The Kier molecular flexibility index (Phi) is 7.72. The summed E-state index contributed by atoms with van der Waals surface area (Å²) >= 11 is 1.38. The Labute approximate surface area is 158 Å². The van der Waals surface area contributed by atoms with E-state index < -0.39 is 0 Å². The standard InChI is InChI=1S/C19H25N3O3S/c1-4-6-7-16-13(3)20-19(22-16)26-12-17(23)21-15-10-8-14(9-11-15)18(24)25-5-2/h8-11H,4-7,12H2,1-3H3,(H,20,22)(H,21,23). The molecule has 0 aliphatic heterocycles. The number of aryl methyl sites for hydroxylation is 2. The Hall–Kier alpha value is -2.28. The molecule has 0 saturated heterocycles. The van der Waals surface area contributed by atoms with Crippen LogP contribution < -0.4 is 5.32 Å². The molecule has 6 nitrogen and oxygen atoms in total. The van der Waals surface area contributed by atoms with Crippen LogP contribution in [0.5, 0.6) is 0 Å². The van der Waals surface area contributed by atoms with E-state index in [1.54, 1.807) is 31.2 Å². The van der Waals surface area contributed by atoms with Gasteiger partial charge in [0.05, 0.1) is 23.6 Å². The fourth-order valence-corrected chi connectivity index (χ4v) is 3.10. The number of carbonyl (C=O) groups is 2. The Bertz CT molecular complexity index is 741. The van der Waals surface area contributed by atoms with E-state index in [4.69, 9.17) is 4.74 Å². The van der Waals surface area contributed by atoms with Crippen LogP contribution in [0.4, 0.5) is 5.69 Å². The number of aromatic nitrogens is 2. The first-order chi connectivity index (χ1) is 12.5. The molecule has 0 atom stereocenters. The van der Waals surface area contributed by atoms with E-state index in [-0.39, 0.29) is 17.6 Å². The Morgan fingerprint density at radius 1 is 1.23 bits per heavy atom. The summed E-state index contributed by atoms with van der Waals surface area (Å²) in [4.78, 5) is 31.5. The fourth-order valence-electron chi connectivity index (χ4n) is 2.36. The number of benzene rings is 1. The number of nitrogens with one attached hydrogen (secondary N) is 2. The van der Waals surface area contributed by atoms with Crippen molar-refractivity contribution < 1.29 is 14.3 Å². The van der Waals surface area contributed by atoms with Gasteiger partial charge in [0.25, 0.3) is 0 Å². The van der Waals surface area contributed by atoms with Gasteiger partial charge in [0.15, 0.2) is 5.16 Å². The molecular weight excluding hydrogens is 350 g/mol. The number of H-pyrrole nitrogens is 1. The zero-order chi connectivity index (χ0) is 18.9. The highest BCUT2D eigenvalue weighted by molar-refractivity contribution is 7.99. The van der Waals surface area contributed by atoms with Crippen LogP contribution in [0.3, 0.4) is 0 Å². The number of thioether (sulfide) groups is 1. The zero-order valence-corrected chi connectivity index (χ0v) is 16.2. The third-order valence-electron chi connectivity index (χ3n) is 3.75. The van der Waals surface area contributed by atoms with Gasteiger partial charge in [-0.15, -0.1) is 0 Å². The van der Waals surface area contributed by atoms with Crippen LogP contribution in [0.1, 0.15) is 48.4 Å². The van der Waals surface area contributed by atoms with Crippen LogP contribution in [0.25, 0.3) is 0 Å². The summed E-state index contributed by atoms with van der Waals surface area (Å²) in [5.74, 6) is -0.226. The lowest BCUT2D eigenvalue weighted by Crippen LogP contribution is -2.14. The van der Waals surface area contributed by atoms with Crippen LogP contribution in [0.15, 0.2) is 29.4 Å². The van der Waals surface area contributed by atoms with Crippen molar-refractivity contribution in [3.8, 4) is 0 Å². The Morgan fingerprint density at radius 3 is 2.62 bits per heavy atom. The fraction of sp³-hybridized carbons (Fsp3) is 0.421. The molecule has 0 saturated carbocycles. The minimum atomic E-state index is -0.368. The van der Waals surface area contributed by atoms with Gasteiger partial charge in [-0.25, -0.2) is 9.78 Å². The average molecular weight is 375 g/mol. The van der Waals surface area contributed by atoms with Crippen molar-refractivity contribution in [2.24, 2.45) is 0 Å². The van der Waals surface area contributed by atoms with Gasteiger partial charge in [-0.3, -0.25) is 4.79 Å². The molecule has 0 fully saturated rings. The van der Waals surface area contributed by atoms with Gasteiger partial charge in [0.1, 0.15) is 0 Å². The van der Waals surface area contributed by atoms with Gasteiger partial charge in [0.2, 0.25) is 5.91 Å². The number of nitrogens with zero attached hydrogens (tertiary/aromatic N) is 1. The van der Waals surface area contributed by atoms with E-state index in [0.29, 0.717) is 17.9 Å². The number of imidazole rings is 1. The smallest absolute Gasteiger partial charge is 0.338 e. The molecule has 0 aliphatic rings. The molecule has 0 spiro atoms. The summed E-state index contributed by atoms with van der Waals surface area (Å²) in [6.45, 7) is 6.26. The monoisotopic (exact) mass is 375 g/mol. The molecule has 0 aliphatic carbocycles. The summed E-state index contributed by atoms with van der Waals surface area (Å²) in [5.41, 5.74) is 3.24. The average Bonchev–Trinajstić information content (AvgIpc) is 2.99. The van der Waals surface area contributed by atoms with Gasteiger partial charge in [-0.1, -0.05) is 25.1 Å². The molecule has 26 heavy (non-hydrogen) atoms. The van der Waals surface area contributed by atoms with E-state index in [2.05, 4.69) is 22.2 Å². The maximum Gasteiger partial charge on any atom is 0.338 e. The number of carbonyl (C=O) groups excluding carboxylic acids is 2. The number of amides is 1. The normalized spacial score (nSPS) is 10.6. The van der Waals surface area contributed by atoms with Crippen molar-refractivity contribution in [1.82, 2.24) is 9.97 Å². The topological polar surface area (TPSA) is 84.1 Å². The van der Waals surface area contributed by atoms with Crippen molar-refractivity contribution in [1.29, 1.82) is 0 Å². The summed E-state index contributed by atoms with van der Waals surface area (Å²) < 4.78 is 4.93. The molecule has 0 bridgehead atoms. The van der Waals surface area contributed by atoms with E-state index in [1.165, 1.54) is 11.8 Å². The summed E-state index contributed by atoms with van der Waals surface area (Å²) in [5, 5.41) is 3.58. The van der Waals surface area contributed by atoms with Gasteiger partial charge in [-0.05, 0) is 51.0 Å². The van der Waals surface area contributed by atoms with Crippen LogP contribution in [0.2, 0.25) is 0 Å². The minimum absolute atomic E-state index is 0.122. The molecule has 0 unspecified atom stereocenters. The maximum atomic E-state index is 12.1. The lowest BCUT2D eigenvalue weighted by molar-refractivity contribution is -0.113. The zero-order valence-electron chi connectivity index (χ0n) is 15.4. The van der Waals surface area contributed by atoms with Crippen LogP contribution >= 0.6 is 11.8 Å². The number of ether oxygens (including phenoxy) is 1. The summed E-state index contributed by atoms with van der Waals surface area (Å²) in [6, 6.07) is 6.65. The first kappa shape index (κ1) is 20.0. The minimum Gasteiger partial charge on any atom is -0.462 e. The second kappa shape index (κ2) is 10.0. The molecular formula is C19H25N3O3S. The molecule has 1 heterocycles. The highest BCUT2D eigenvalue weighted by Gasteiger charge is 2.10. The number of unbranched alkanes of at least 4 members (excludes halogenated alkanes) is 1. The molecule has 1 aromatic heterocycles. The predicted octanol–water partition coefficient (Wildman–Crippen LogP) is 3.97. The largest absolute Gasteiger partial charge is 0.462 e. The van der Waals surface area contributed by atoms with Crippen molar-refractivity contribution in [2.45, 2.75) is 45.2 Å². The Balaban J connectivity index is 1.84. The third-order valence-corrected chi connectivity index (χ3v) is 4.62. The molecule has 2 aromatic rings. The maximum absolute atomic E-state index is 12.1. The number of anilines is 1. The highest BCUT2D eigenvalue weighted by atomic mass is 32.2. The van der Waals surface area contributed by atoms with Gasteiger partial charge < -0.3 is 15.0 Å². The molecule has 1 aromatic carbocycles. The van der Waals surface area contributed by atoms with Crippen molar-refractivity contribution in [3.63, 3.8) is 0 Å². The molecule has 2 N–H and O–H groups in total. The Morgan fingerprint density at radius 2 is 1.96 bits per heavy atom. The quantitative estimate of drug-likeness (QED) is 0.512. The van der Waals surface area contributed by atoms with Crippen molar-refractivity contribution in [2.75, 3.05) is 17.7 Å². The predicted molar refractivity (Wildman–Crippen MR) is 104 cm³/mol. The number of hydrogen-bond donors (Lipinski definition) is 2. The van der Waals surface area contributed by atoms with Crippen LogP contribution in [0, 0.1) is 6.92 Å². The molecule has 1 amide bonds. The molecule has 140 valence electrons. The lowest BCUT2D eigenvalue weighted by Gasteiger charge is -2.06. The van der Waals surface area contributed by atoms with Crippen molar-refractivity contribution in [3.05, 3.63) is 41.2 Å². The van der Waals surface area contributed by atoms with E-state index in [0.717, 1.165) is 35.8 Å². The van der Waals surface area contributed by atoms with Gasteiger partial charge in [0, 0.05) is 11.4 Å². The third kappa shape index (κ3) is 5.91. The number of aromatic amines is 1. The second-order valence-corrected chi connectivity index (χ2v) is 6.82. The highest BCUT2D eigenvalue weighted by Crippen LogP contribution is 2.19. The molecule has 7 heteroatoms. The number of hydrogen-bond acceptors (Lipinski definition) is 5. The second-order valence-electron chi connectivity index (χ2n) is 5.85. The van der Waals surface area contributed by atoms with Crippen LogP contribution in [-0.2, 0) is 16.0 Å². The van der Waals surface area contributed by atoms with E-state index >= 15 is 0 Å². The number of rotatable bonds is 9. The molecule has 2 rings (SSSR count). The lowest BCUT2D eigenvalue weighted by atomic mass is 10.2. The molecule has 0 radical (unpaired) electrons. The van der Waals surface area contributed by atoms with Gasteiger partial charge >= 0.3 is 5.97 Å². The number of esters is 1. The van der Waals surface area contributed by atoms with E-state index in [1.807, 2.05) is 6.92 Å². The van der Waals surface area contributed by atoms with E-state index in [9.17, 15) is 9.59 Å². The summed E-state index contributed by atoms with van der Waals surface area (Å²) in [6.07, 6.45) is 3.20. The van der Waals surface area contributed by atoms with Gasteiger partial charge in [-0.2, -0.15) is 0 Å².